The van der Waals surface area contributed by atoms with Crippen molar-refractivity contribution in [1.29, 1.82) is 0 Å². The standard InChI is InChI=1S/C16H14N4O3/c1-22-11-3-4-12(14(8-11)23-2)20-16(21)10-7-13-15(19-9-10)18-6-5-17-13/h3-9H,1-2H3,(H,20,21). The third-order valence-corrected chi connectivity index (χ3v) is 3.24. The molecule has 23 heavy (non-hydrogen) atoms. The van der Waals surface area contributed by atoms with Gasteiger partial charge in [0.2, 0.25) is 0 Å². The van der Waals surface area contributed by atoms with Crippen LogP contribution in [0.5, 0.6) is 11.5 Å². The number of benzene rings is 1. The van der Waals surface area contributed by atoms with Gasteiger partial charge in [0.05, 0.1) is 25.5 Å². The minimum Gasteiger partial charge on any atom is -0.497 e. The zero-order valence-corrected chi connectivity index (χ0v) is 12.6. The second kappa shape index (κ2) is 6.27. The second-order valence-corrected chi connectivity index (χ2v) is 4.64. The van der Waals surface area contributed by atoms with E-state index in [1.807, 2.05) is 0 Å². The Balaban J connectivity index is 1.88. The van der Waals surface area contributed by atoms with Gasteiger partial charge in [-0.2, -0.15) is 0 Å². The van der Waals surface area contributed by atoms with Gasteiger partial charge in [0, 0.05) is 24.7 Å². The first kappa shape index (κ1) is 14.7. The van der Waals surface area contributed by atoms with Crippen molar-refractivity contribution in [3.05, 3.63) is 48.4 Å². The number of nitrogens with one attached hydrogen (secondary N) is 1. The molecule has 1 amide bonds. The van der Waals surface area contributed by atoms with Crippen LogP contribution in [0.15, 0.2) is 42.9 Å². The molecule has 0 fully saturated rings. The Morgan fingerprint density at radius 3 is 2.65 bits per heavy atom. The van der Waals surface area contributed by atoms with Gasteiger partial charge >= 0.3 is 0 Å². The van der Waals surface area contributed by atoms with Gasteiger partial charge in [-0.1, -0.05) is 0 Å². The van der Waals surface area contributed by atoms with Gasteiger partial charge in [-0.05, 0) is 18.2 Å². The molecule has 0 atom stereocenters. The lowest BCUT2D eigenvalue weighted by Crippen LogP contribution is -2.13. The van der Waals surface area contributed by atoms with Gasteiger partial charge < -0.3 is 14.8 Å². The van der Waals surface area contributed by atoms with Crippen molar-refractivity contribution in [3.63, 3.8) is 0 Å². The van der Waals surface area contributed by atoms with E-state index in [0.29, 0.717) is 33.9 Å². The van der Waals surface area contributed by atoms with E-state index in [9.17, 15) is 4.79 Å². The third-order valence-electron chi connectivity index (χ3n) is 3.24. The first-order valence-electron chi connectivity index (χ1n) is 6.81. The van der Waals surface area contributed by atoms with Crippen LogP contribution in [0.3, 0.4) is 0 Å². The van der Waals surface area contributed by atoms with E-state index < -0.39 is 0 Å². The van der Waals surface area contributed by atoms with Gasteiger partial charge in [0.15, 0.2) is 5.65 Å². The average molecular weight is 310 g/mol. The molecular formula is C16H14N4O3. The third kappa shape index (κ3) is 3.03. The summed E-state index contributed by atoms with van der Waals surface area (Å²) in [5, 5.41) is 2.79. The van der Waals surface area contributed by atoms with Crippen LogP contribution >= 0.6 is 0 Å². The number of nitrogens with zero attached hydrogens (tertiary/aromatic N) is 3. The van der Waals surface area contributed by atoms with Crippen molar-refractivity contribution < 1.29 is 14.3 Å². The lowest BCUT2D eigenvalue weighted by molar-refractivity contribution is 0.102. The molecule has 0 aliphatic carbocycles. The number of hydrogen-bond donors (Lipinski definition) is 1. The summed E-state index contributed by atoms with van der Waals surface area (Å²) in [4.78, 5) is 24.7. The number of hydrogen-bond acceptors (Lipinski definition) is 6. The van der Waals surface area contributed by atoms with Crippen LogP contribution in [0.25, 0.3) is 11.2 Å². The van der Waals surface area contributed by atoms with Gasteiger partial charge in [-0.15, -0.1) is 0 Å². The van der Waals surface area contributed by atoms with Crippen LogP contribution in [0.4, 0.5) is 5.69 Å². The number of fused-ring (bicyclic) bond motifs is 1. The molecule has 1 N–H and O–H groups in total. The summed E-state index contributed by atoms with van der Waals surface area (Å²) in [7, 11) is 3.09. The molecule has 0 spiro atoms. The molecular weight excluding hydrogens is 296 g/mol. The fourth-order valence-corrected chi connectivity index (χ4v) is 2.08. The Morgan fingerprint density at radius 1 is 1.04 bits per heavy atom. The molecule has 0 saturated carbocycles. The average Bonchev–Trinajstić information content (AvgIpc) is 2.61. The van der Waals surface area contributed by atoms with Crippen LogP contribution in [0, 0.1) is 0 Å². The second-order valence-electron chi connectivity index (χ2n) is 4.64. The zero-order valence-electron chi connectivity index (χ0n) is 12.6. The summed E-state index contributed by atoms with van der Waals surface area (Å²) in [5.74, 6) is 0.835. The van der Waals surface area contributed by atoms with Crippen molar-refractivity contribution in [2.24, 2.45) is 0 Å². The Hall–Kier alpha value is -3.22. The van der Waals surface area contributed by atoms with Crippen LogP contribution in [-0.4, -0.2) is 35.1 Å². The summed E-state index contributed by atoms with van der Waals surface area (Å²) < 4.78 is 10.4. The van der Waals surface area contributed by atoms with Crippen LogP contribution in [0.1, 0.15) is 10.4 Å². The molecule has 7 heteroatoms. The molecule has 3 aromatic rings. The number of carbonyl (C=O) groups excluding carboxylic acids is 1. The largest absolute Gasteiger partial charge is 0.497 e. The van der Waals surface area contributed by atoms with Gasteiger partial charge in [-0.3, -0.25) is 9.78 Å². The molecule has 0 bridgehead atoms. The van der Waals surface area contributed by atoms with E-state index in [0.717, 1.165) is 0 Å². The fraction of sp³-hybridized carbons (Fsp3) is 0.125. The summed E-state index contributed by atoms with van der Waals surface area (Å²) in [6.45, 7) is 0. The minimum absolute atomic E-state index is 0.312. The van der Waals surface area contributed by atoms with E-state index in [4.69, 9.17) is 9.47 Å². The molecule has 7 nitrogen and oxygen atoms in total. The molecule has 2 aromatic heterocycles. The predicted octanol–water partition coefficient (Wildman–Crippen LogP) is 2.29. The minimum atomic E-state index is -0.312. The number of methoxy groups -OCH3 is 2. The molecule has 0 radical (unpaired) electrons. The first-order valence-corrected chi connectivity index (χ1v) is 6.81. The highest BCUT2D eigenvalue weighted by Gasteiger charge is 2.12. The number of ether oxygens (including phenoxy) is 2. The normalized spacial score (nSPS) is 10.3. The zero-order chi connectivity index (χ0) is 16.2. The Bertz CT molecular complexity index is 867. The highest BCUT2D eigenvalue weighted by Crippen LogP contribution is 2.29. The molecule has 0 aliphatic heterocycles. The topological polar surface area (TPSA) is 86.2 Å². The molecule has 0 saturated heterocycles. The Labute approximate surface area is 132 Å². The smallest absolute Gasteiger partial charge is 0.257 e. The molecule has 116 valence electrons. The number of pyridine rings is 1. The van der Waals surface area contributed by atoms with Crippen LogP contribution in [-0.2, 0) is 0 Å². The highest BCUT2D eigenvalue weighted by atomic mass is 16.5. The summed E-state index contributed by atoms with van der Waals surface area (Å²) in [6, 6.07) is 6.78. The van der Waals surface area contributed by atoms with E-state index in [-0.39, 0.29) is 5.91 Å². The Kier molecular flexibility index (Phi) is 4.01. The van der Waals surface area contributed by atoms with E-state index >= 15 is 0 Å². The fourth-order valence-electron chi connectivity index (χ4n) is 2.08. The lowest BCUT2D eigenvalue weighted by Gasteiger charge is -2.11. The highest BCUT2D eigenvalue weighted by molar-refractivity contribution is 6.06. The van der Waals surface area contributed by atoms with Crippen LogP contribution < -0.4 is 14.8 Å². The molecule has 3 rings (SSSR count). The summed E-state index contributed by atoms with van der Waals surface area (Å²) in [5.41, 5.74) is 1.97. The summed E-state index contributed by atoms with van der Waals surface area (Å²) >= 11 is 0. The SMILES string of the molecule is COc1ccc(NC(=O)c2cnc3nccnc3c2)c(OC)c1. The lowest BCUT2D eigenvalue weighted by atomic mass is 10.2. The molecule has 2 heterocycles. The first-order chi connectivity index (χ1) is 11.2. The number of rotatable bonds is 4. The van der Waals surface area contributed by atoms with Crippen LogP contribution in [0.2, 0.25) is 0 Å². The van der Waals surface area contributed by atoms with Crippen molar-refractivity contribution in [2.75, 3.05) is 19.5 Å². The number of anilines is 1. The number of amides is 1. The quantitative estimate of drug-likeness (QED) is 0.795. The van der Waals surface area contributed by atoms with E-state index in [2.05, 4.69) is 20.3 Å². The molecule has 1 aromatic carbocycles. The maximum absolute atomic E-state index is 12.4. The van der Waals surface area contributed by atoms with Gasteiger partial charge in [0.25, 0.3) is 5.91 Å². The van der Waals surface area contributed by atoms with Crippen molar-refractivity contribution in [3.8, 4) is 11.5 Å². The monoisotopic (exact) mass is 310 g/mol. The predicted molar refractivity (Wildman–Crippen MR) is 84.8 cm³/mol. The number of aromatic nitrogens is 3. The molecule has 0 unspecified atom stereocenters. The van der Waals surface area contributed by atoms with Crippen molar-refractivity contribution >= 4 is 22.8 Å². The van der Waals surface area contributed by atoms with E-state index in [1.54, 1.807) is 43.8 Å². The van der Waals surface area contributed by atoms with Gasteiger partial charge in [-0.25, -0.2) is 9.97 Å². The van der Waals surface area contributed by atoms with Crippen molar-refractivity contribution in [2.45, 2.75) is 0 Å². The maximum Gasteiger partial charge on any atom is 0.257 e. The van der Waals surface area contributed by atoms with Crippen molar-refractivity contribution in [1.82, 2.24) is 15.0 Å². The van der Waals surface area contributed by atoms with Gasteiger partial charge in [0.1, 0.15) is 17.0 Å². The van der Waals surface area contributed by atoms with E-state index in [1.165, 1.54) is 13.3 Å². The molecule has 0 aliphatic rings. The Morgan fingerprint density at radius 2 is 1.87 bits per heavy atom. The summed E-state index contributed by atoms with van der Waals surface area (Å²) in [6.07, 6.45) is 4.57. The maximum atomic E-state index is 12.4. The number of carbonyl (C=O) groups is 1.